The summed E-state index contributed by atoms with van der Waals surface area (Å²) in [5, 5.41) is 2.99. The van der Waals surface area contributed by atoms with Gasteiger partial charge in [-0.15, -0.1) is 0 Å². The second-order valence-electron chi connectivity index (χ2n) is 5.95. The van der Waals surface area contributed by atoms with E-state index in [0.29, 0.717) is 11.5 Å². The smallest absolute Gasteiger partial charge is 0.254 e. The summed E-state index contributed by atoms with van der Waals surface area (Å²) in [5.74, 6) is 2.49. The number of nitrogens with one attached hydrogen (secondary N) is 1. The van der Waals surface area contributed by atoms with Crippen LogP contribution in [0.1, 0.15) is 34.7 Å². The van der Waals surface area contributed by atoms with Crippen LogP contribution < -0.4 is 5.32 Å². The number of furan rings is 2. The molecule has 2 aromatic heterocycles. The minimum Gasteiger partial charge on any atom is -0.472 e. The lowest BCUT2D eigenvalue weighted by atomic mass is 9.96. The van der Waals surface area contributed by atoms with Gasteiger partial charge in [0.1, 0.15) is 17.8 Å². The highest BCUT2D eigenvalue weighted by atomic mass is 16.3. The summed E-state index contributed by atoms with van der Waals surface area (Å²) in [7, 11) is 0. The van der Waals surface area contributed by atoms with Gasteiger partial charge in [0.25, 0.3) is 5.91 Å². The molecule has 1 saturated heterocycles. The zero-order chi connectivity index (χ0) is 15.4. The van der Waals surface area contributed by atoms with E-state index >= 15 is 0 Å². The first-order chi connectivity index (χ1) is 10.7. The number of aryl methyl sites for hydroxylation is 1. The molecule has 3 heterocycles. The zero-order valence-corrected chi connectivity index (χ0v) is 12.9. The highest BCUT2D eigenvalue weighted by Crippen LogP contribution is 2.19. The molecule has 0 bridgehead atoms. The third kappa shape index (κ3) is 3.80. The molecule has 1 aliphatic rings. The van der Waals surface area contributed by atoms with Crippen molar-refractivity contribution >= 4 is 5.91 Å². The van der Waals surface area contributed by atoms with E-state index in [2.05, 4.69) is 10.2 Å². The average Bonchev–Trinajstić information content (AvgIpc) is 3.18. The summed E-state index contributed by atoms with van der Waals surface area (Å²) in [4.78, 5) is 14.3. The maximum Gasteiger partial charge on any atom is 0.254 e. The Morgan fingerprint density at radius 3 is 2.77 bits per heavy atom. The number of amides is 1. The van der Waals surface area contributed by atoms with E-state index in [1.54, 1.807) is 6.07 Å². The quantitative estimate of drug-likeness (QED) is 0.922. The molecule has 0 spiro atoms. The minimum absolute atomic E-state index is 0.0535. The van der Waals surface area contributed by atoms with Crippen LogP contribution in [0.5, 0.6) is 0 Å². The topological polar surface area (TPSA) is 58.6 Å². The van der Waals surface area contributed by atoms with E-state index in [1.807, 2.05) is 19.1 Å². The molecule has 0 unspecified atom stereocenters. The van der Waals surface area contributed by atoms with E-state index in [9.17, 15) is 4.79 Å². The van der Waals surface area contributed by atoms with Crippen LogP contribution in [0.25, 0.3) is 0 Å². The summed E-state index contributed by atoms with van der Waals surface area (Å²) in [6, 6.07) is 5.74. The Balaban J connectivity index is 1.39. The van der Waals surface area contributed by atoms with Gasteiger partial charge in [-0.25, -0.2) is 0 Å². The van der Waals surface area contributed by atoms with Gasteiger partial charge in [-0.1, -0.05) is 0 Å². The normalized spacial score (nSPS) is 16.8. The molecule has 0 saturated carbocycles. The number of piperidine rings is 1. The van der Waals surface area contributed by atoms with Crippen LogP contribution in [0.2, 0.25) is 0 Å². The fraction of sp³-hybridized carbons (Fsp3) is 0.471. The van der Waals surface area contributed by atoms with E-state index in [-0.39, 0.29) is 5.91 Å². The molecule has 5 heteroatoms. The highest BCUT2D eigenvalue weighted by molar-refractivity contribution is 5.93. The summed E-state index contributed by atoms with van der Waals surface area (Å²) < 4.78 is 10.5. The van der Waals surface area contributed by atoms with Crippen molar-refractivity contribution in [3.05, 3.63) is 47.8 Å². The van der Waals surface area contributed by atoms with E-state index < -0.39 is 0 Å². The van der Waals surface area contributed by atoms with Crippen LogP contribution in [0.4, 0.5) is 0 Å². The molecule has 118 valence electrons. The van der Waals surface area contributed by atoms with Gasteiger partial charge in [0.2, 0.25) is 0 Å². The Labute approximate surface area is 130 Å². The predicted molar refractivity (Wildman–Crippen MR) is 82.5 cm³/mol. The molecule has 0 aromatic carbocycles. The van der Waals surface area contributed by atoms with Crippen molar-refractivity contribution in [1.82, 2.24) is 10.2 Å². The molecule has 3 rings (SSSR count). The molecule has 1 fully saturated rings. The molecule has 22 heavy (non-hydrogen) atoms. The van der Waals surface area contributed by atoms with Gasteiger partial charge in [-0.2, -0.15) is 0 Å². The van der Waals surface area contributed by atoms with Gasteiger partial charge in [-0.05, 0) is 57.0 Å². The largest absolute Gasteiger partial charge is 0.472 e. The van der Waals surface area contributed by atoms with Crippen LogP contribution in [-0.2, 0) is 6.54 Å². The number of hydrogen-bond acceptors (Lipinski definition) is 4. The first kappa shape index (κ1) is 14.9. The van der Waals surface area contributed by atoms with Crippen molar-refractivity contribution in [3.63, 3.8) is 0 Å². The number of likely N-dealkylation sites (tertiary alicyclic amines) is 1. The second-order valence-corrected chi connectivity index (χ2v) is 5.95. The summed E-state index contributed by atoms with van der Waals surface area (Å²) in [6.45, 7) is 5.68. The highest BCUT2D eigenvalue weighted by Gasteiger charge is 2.20. The Morgan fingerprint density at radius 2 is 2.14 bits per heavy atom. The SMILES string of the molecule is Cc1ccc(CN2CCC(CNC(=O)c3ccoc3)CC2)o1. The Morgan fingerprint density at radius 1 is 1.32 bits per heavy atom. The van der Waals surface area contributed by atoms with Crippen LogP contribution in [-0.4, -0.2) is 30.4 Å². The zero-order valence-electron chi connectivity index (χ0n) is 12.9. The molecule has 0 aliphatic carbocycles. The Hall–Kier alpha value is -2.01. The van der Waals surface area contributed by atoms with Crippen molar-refractivity contribution in [2.24, 2.45) is 5.92 Å². The third-order valence-corrected chi connectivity index (χ3v) is 4.22. The molecule has 1 aliphatic heterocycles. The molecule has 5 nitrogen and oxygen atoms in total. The van der Waals surface area contributed by atoms with Gasteiger partial charge < -0.3 is 14.2 Å². The Bertz CT molecular complexity index is 595. The van der Waals surface area contributed by atoms with Crippen molar-refractivity contribution in [3.8, 4) is 0 Å². The average molecular weight is 302 g/mol. The maximum atomic E-state index is 11.9. The third-order valence-electron chi connectivity index (χ3n) is 4.22. The van der Waals surface area contributed by atoms with Crippen molar-refractivity contribution < 1.29 is 13.6 Å². The summed E-state index contributed by atoms with van der Waals surface area (Å²) in [5.41, 5.74) is 0.589. The van der Waals surface area contributed by atoms with E-state index in [4.69, 9.17) is 8.83 Å². The van der Waals surface area contributed by atoms with Crippen molar-refractivity contribution in [2.75, 3.05) is 19.6 Å². The fourth-order valence-electron chi connectivity index (χ4n) is 2.87. The number of carbonyl (C=O) groups excluding carboxylic acids is 1. The van der Waals surface area contributed by atoms with E-state index in [0.717, 1.165) is 50.5 Å². The van der Waals surface area contributed by atoms with Crippen LogP contribution in [0.15, 0.2) is 39.6 Å². The van der Waals surface area contributed by atoms with Crippen molar-refractivity contribution in [1.29, 1.82) is 0 Å². The first-order valence-corrected chi connectivity index (χ1v) is 7.79. The maximum absolute atomic E-state index is 11.9. The summed E-state index contributed by atoms with van der Waals surface area (Å²) in [6.07, 6.45) is 5.20. The lowest BCUT2D eigenvalue weighted by molar-refractivity contribution is 0.0933. The second kappa shape index (κ2) is 6.83. The molecular formula is C17H22N2O3. The molecule has 0 atom stereocenters. The lowest BCUT2D eigenvalue weighted by Gasteiger charge is -2.31. The molecule has 0 radical (unpaired) electrons. The monoisotopic (exact) mass is 302 g/mol. The predicted octanol–water partition coefficient (Wildman–Crippen LogP) is 2.82. The number of nitrogens with zero attached hydrogens (tertiary/aromatic N) is 1. The van der Waals surface area contributed by atoms with E-state index in [1.165, 1.54) is 12.5 Å². The lowest BCUT2D eigenvalue weighted by Crippen LogP contribution is -2.38. The fourth-order valence-corrected chi connectivity index (χ4v) is 2.87. The number of hydrogen-bond donors (Lipinski definition) is 1. The molecule has 1 amide bonds. The number of rotatable bonds is 5. The Kier molecular flexibility index (Phi) is 4.63. The van der Waals surface area contributed by atoms with Gasteiger partial charge in [0.15, 0.2) is 0 Å². The van der Waals surface area contributed by atoms with Crippen LogP contribution >= 0.6 is 0 Å². The standard InChI is InChI=1S/C17H22N2O3/c1-13-2-3-16(22-13)11-19-7-4-14(5-8-19)10-18-17(20)15-6-9-21-12-15/h2-3,6,9,12,14H,4-5,7-8,10-11H2,1H3,(H,18,20). The molecular weight excluding hydrogens is 280 g/mol. The van der Waals surface area contributed by atoms with Gasteiger partial charge in [0.05, 0.1) is 18.4 Å². The minimum atomic E-state index is -0.0535. The summed E-state index contributed by atoms with van der Waals surface area (Å²) >= 11 is 0. The van der Waals surface area contributed by atoms with Crippen LogP contribution in [0.3, 0.4) is 0 Å². The molecule has 1 N–H and O–H groups in total. The first-order valence-electron chi connectivity index (χ1n) is 7.79. The van der Waals surface area contributed by atoms with Gasteiger partial charge >= 0.3 is 0 Å². The van der Waals surface area contributed by atoms with Gasteiger partial charge in [-0.3, -0.25) is 9.69 Å². The number of carbonyl (C=O) groups is 1. The van der Waals surface area contributed by atoms with Crippen molar-refractivity contribution in [2.45, 2.75) is 26.3 Å². The van der Waals surface area contributed by atoms with Gasteiger partial charge in [0, 0.05) is 6.54 Å². The molecule has 2 aromatic rings. The van der Waals surface area contributed by atoms with Crippen LogP contribution in [0, 0.1) is 12.8 Å².